The van der Waals surface area contributed by atoms with Crippen molar-refractivity contribution in [2.75, 3.05) is 29.0 Å². The van der Waals surface area contributed by atoms with Crippen LogP contribution in [0.1, 0.15) is 48.8 Å². The summed E-state index contributed by atoms with van der Waals surface area (Å²) in [5.41, 5.74) is 0.376. The van der Waals surface area contributed by atoms with E-state index in [0.717, 1.165) is 43.7 Å². The van der Waals surface area contributed by atoms with Crippen LogP contribution in [0.15, 0.2) is 36.4 Å². The van der Waals surface area contributed by atoms with Gasteiger partial charge in [0.25, 0.3) is 0 Å². The van der Waals surface area contributed by atoms with Gasteiger partial charge in [-0.15, -0.1) is 0 Å². The van der Waals surface area contributed by atoms with Crippen LogP contribution in [0, 0.1) is 5.82 Å². The van der Waals surface area contributed by atoms with Crippen LogP contribution in [-0.2, 0) is 27.5 Å². The molecule has 2 aromatic carbocycles. The van der Waals surface area contributed by atoms with Crippen LogP contribution >= 0.6 is 0 Å². The number of sulfonamides is 1. The minimum absolute atomic E-state index is 0.0172. The molecule has 0 aliphatic carbocycles. The first-order valence-corrected chi connectivity index (χ1v) is 12.7. The summed E-state index contributed by atoms with van der Waals surface area (Å²) in [7, 11) is -3.66. The van der Waals surface area contributed by atoms with Gasteiger partial charge in [-0.1, -0.05) is 12.1 Å². The molecule has 0 saturated carbocycles. The highest BCUT2D eigenvalue weighted by atomic mass is 32.2. The SMILES string of the molecule is C[C@@H](C(=O)NCc1ccc(C(F)(F)F)cc1N1CCCCC1)c1ccc(NS(C)(=O)=O)c(F)c1. The Kier molecular flexibility index (Phi) is 7.74. The molecular weight excluding hydrogens is 474 g/mol. The fourth-order valence-corrected chi connectivity index (χ4v) is 4.45. The first-order chi connectivity index (χ1) is 15.8. The van der Waals surface area contributed by atoms with E-state index in [2.05, 4.69) is 10.0 Å². The fraction of sp³-hybridized carbons (Fsp3) is 0.435. The number of amides is 1. The molecule has 1 aliphatic rings. The molecule has 3 rings (SSSR count). The van der Waals surface area contributed by atoms with Crippen LogP contribution in [0.3, 0.4) is 0 Å². The Hall–Kier alpha value is -2.82. The minimum Gasteiger partial charge on any atom is -0.371 e. The van der Waals surface area contributed by atoms with E-state index in [1.54, 1.807) is 6.92 Å². The molecule has 0 bridgehead atoms. The molecule has 2 aromatic rings. The minimum atomic E-state index is -4.47. The standard InChI is InChI=1S/C23H27F4N3O3S/c1-15(16-7-9-20(19(24)12-16)29-34(2,32)33)22(31)28-14-17-6-8-18(23(25,26)27)13-21(17)30-10-4-3-5-11-30/h6-9,12-13,15,29H,3-5,10-11,14H2,1-2H3,(H,28,31)/t15-/m1/s1. The van der Waals surface area contributed by atoms with Crippen molar-refractivity contribution in [1.29, 1.82) is 0 Å². The molecular formula is C23H27F4N3O3S. The number of benzene rings is 2. The van der Waals surface area contributed by atoms with Gasteiger partial charge < -0.3 is 10.2 Å². The van der Waals surface area contributed by atoms with Crippen LogP contribution in [0.4, 0.5) is 28.9 Å². The highest BCUT2D eigenvalue weighted by molar-refractivity contribution is 7.92. The number of hydrogen-bond acceptors (Lipinski definition) is 4. The molecule has 34 heavy (non-hydrogen) atoms. The lowest BCUT2D eigenvalue weighted by Crippen LogP contribution is -2.32. The first-order valence-electron chi connectivity index (χ1n) is 10.8. The van der Waals surface area contributed by atoms with Crippen molar-refractivity contribution in [3.05, 3.63) is 58.9 Å². The molecule has 0 spiro atoms. The number of carbonyl (C=O) groups excluding carboxylic acids is 1. The molecule has 186 valence electrons. The number of halogens is 4. The van der Waals surface area contributed by atoms with Crippen molar-refractivity contribution in [2.24, 2.45) is 0 Å². The molecule has 1 heterocycles. The van der Waals surface area contributed by atoms with Gasteiger partial charge in [0.05, 0.1) is 23.4 Å². The van der Waals surface area contributed by atoms with Crippen LogP contribution in [0.2, 0.25) is 0 Å². The summed E-state index contributed by atoms with van der Waals surface area (Å²) in [6.07, 6.45) is -0.781. The molecule has 1 fully saturated rings. The maximum absolute atomic E-state index is 14.3. The monoisotopic (exact) mass is 501 g/mol. The molecule has 0 radical (unpaired) electrons. The molecule has 0 aromatic heterocycles. The van der Waals surface area contributed by atoms with E-state index >= 15 is 0 Å². The van der Waals surface area contributed by atoms with E-state index in [-0.39, 0.29) is 12.2 Å². The molecule has 1 saturated heterocycles. The zero-order valence-electron chi connectivity index (χ0n) is 18.9. The molecule has 2 N–H and O–H groups in total. The Balaban J connectivity index is 1.75. The van der Waals surface area contributed by atoms with Crippen LogP contribution in [0.25, 0.3) is 0 Å². The van der Waals surface area contributed by atoms with Gasteiger partial charge >= 0.3 is 6.18 Å². The number of nitrogens with one attached hydrogen (secondary N) is 2. The Morgan fingerprint density at radius 2 is 1.76 bits per heavy atom. The normalized spacial score (nSPS) is 15.6. The third-order valence-corrected chi connectivity index (χ3v) is 6.33. The number of alkyl halides is 3. The van der Waals surface area contributed by atoms with Gasteiger partial charge in [0, 0.05) is 25.3 Å². The average molecular weight is 502 g/mol. The fourth-order valence-electron chi connectivity index (χ4n) is 3.89. The largest absolute Gasteiger partial charge is 0.416 e. The van der Waals surface area contributed by atoms with Gasteiger partial charge in [-0.25, -0.2) is 12.8 Å². The van der Waals surface area contributed by atoms with Crippen LogP contribution < -0.4 is 14.9 Å². The predicted octanol–water partition coefficient (Wildman–Crippen LogP) is 4.63. The summed E-state index contributed by atoms with van der Waals surface area (Å²) in [6.45, 7) is 2.87. The van der Waals surface area contributed by atoms with E-state index in [9.17, 15) is 30.8 Å². The third kappa shape index (κ3) is 6.62. The van der Waals surface area contributed by atoms with Crippen molar-refractivity contribution in [3.63, 3.8) is 0 Å². The summed E-state index contributed by atoms with van der Waals surface area (Å²) in [5.74, 6) is -2.03. The number of rotatable bonds is 7. The topological polar surface area (TPSA) is 78.5 Å². The number of piperidine rings is 1. The average Bonchev–Trinajstić information content (AvgIpc) is 2.77. The summed E-state index contributed by atoms with van der Waals surface area (Å²) < 4.78 is 78.8. The number of carbonyl (C=O) groups is 1. The maximum Gasteiger partial charge on any atom is 0.416 e. The van der Waals surface area contributed by atoms with E-state index in [0.29, 0.717) is 29.9 Å². The second kappa shape index (κ2) is 10.2. The van der Waals surface area contributed by atoms with E-state index in [1.165, 1.54) is 18.2 Å². The maximum atomic E-state index is 14.3. The molecule has 0 unspecified atom stereocenters. The smallest absolute Gasteiger partial charge is 0.371 e. The second-order valence-corrected chi connectivity index (χ2v) is 10.2. The van der Waals surface area contributed by atoms with Crippen molar-refractivity contribution in [1.82, 2.24) is 5.32 Å². The van der Waals surface area contributed by atoms with Crippen LogP contribution in [-0.4, -0.2) is 33.7 Å². The van der Waals surface area contributed by atoms with Gasteiger partial charge in [0.15, 0.2) is 0 Å². The Morgan fingerprint density at radius 1 is 1.09 bits per heavy atom. The van der Waals surface area contributed by atoms with Crippen molar-refractivity contribution in [2.45, 2.75) is 44.8 Å². The molecule has 1 aliphatic heterocycles. The van der Waals surface area contributed by atoms with E-state index < -0.39 is 39.4 Å². The van der Waals surface area contributed by atoms with Gasteiger partial charge in [0.2, 0.25) is 15.9 Å². The molecule has 6 nitrogen and oxygen atoms in total. The van der Waals surface area contributed by atoms with Crippen molar-refractivity contribution in [3.8, 4) is 0 Å². The molecule has 1 atom stereocenters. The summed E-state index contributed by atoms with van der Waals surface area (Å²) in [4.78, 5) is 14.6. The zero-order chi connectivity index (χ0) is 25.1. The van der Waals surface area contributed by atoms with Crippen molar-refractivity contribution < 1.29 is 30.8 Å². The molecule has 1 amide bonds. The predicted molar refractivity (Wildman–Crippen MR) is 123 cm³/mol. The van der Waals surface area contributed by atoms with Gasteiger partial charge in [0.1, 0.15) is 5.82 Å². The summed E-state index contributed by atoms with van der Waals surface area (Å²) >= 11 is 0. The lowest BCUT2D eigenvalue weighted by molar-refractivity contribution is -0.137. The quantitative estimate of drug-likeness (QED) is 0.543. The Morgan fingerprint density at radius 3 is 2.35 bits per heavy atom. The third-order valence-electron chi connectivity index (χ3n) is 5.74. The van der Waals surface area contributed by atoms with Gasteiger partial charge in [-0.2, -0.15) is 13.2 Å². The number of nitrogens with zero attached hydrogens (tertiary/aromatic N) is 1. The van der Waals surface area contributed by atoms with Crippen LogP contribution in [0.5, 0.6) is 0 Å². The number of hydrogen-bond donors (Lipinski definition) is 2. The van der Waals surface area contributed by atoms with Crippen molar-refractivity contribution >= 4 is 27.3 Å². The first kappa shape index (κ1) is 25.8. The van der Waals surface area contributed by atoms with E-state index in [4.69, 9.17) is 0 Å². The highest BCUT2D eigenvalue weighted by Gasteiger charge is 2.32. The Bertz CT molecular complexity index is 1150. The second-order valence-electron chi connectivity index (χ2n) is 8.44. The summed E-state index contributed by atoms with van der Waals surface area (Å²) in [6, 6.07) is 7.26. The van der Waals surface area contributed by atoms with Gasteiger partial charge in [-0.3, -0.25) is 9.52 Å². The Labute approximate surface area is 196 Å². The van der Waals surface area contributed by atoms with E-state index in [1.807, 2.05) is 4.90 Å². The number of anilines is 2. The highest BCUT2D eigenvalue weighted by Crippen LogP contribution is 2.34. The zero-order valence-corrected chi connectivity index (χ0v) is 19.7. The summed E-state index contributed by atoms with van der Waals surface area (Å²) in [5, 5.41) is 2.73. The molecule has 11 heteroatoms. The lowest BCUT2D eigenvalue weighted by Gasteiger charge is -2.31. The lowest BCUT2D eigenvalue weighted by atomic mass is 9.99. The van der Waals surface area contributed by atoms with Gasteiger partial charge in [-0.05, 0) is 61.6 Å².